The number of amides is 2. The van der Waals surface area contributed by atoms with E-state index in [0.717, 1.165) is 4.68 Å². The molecular formula is C14H19F3N4O2. The highest BCUT2D eigenvalue weighted by molar-refractivity contribution is 5.88. The number of carbonyl (C=O) groups is 2. The summed E-state index contributed by atoms with van der Waals surface area (Å²) in [5, 5.41) is 6.52. The van der Waals surface area contributed by atoms with Crippen LogP contribution in [0.2, 0.25) is 0 Å². The second kappa shape index (κ2) is 7.01. The molecule has 0 bridgehead atoms. The molecule has 1 saturated heterocycles. The Balaban J connectivity index is 2.04. The van der Waals surface area contributed by atoms with Crippen LogP contribution in [0.15, 0.2) is 12.3 Å². The molecule has 9 heteroatoms. The van der Waals surface area contributed by atoms with E-state index in [4.69, 9.17) is 0 Å². The van der Waals surface area contributed by atoms with Gasteiger partial charge in [0.2, 0.25) is 11.8 Å². The first kappa shape index (κ1) is 17.3. The van der Waals surface area contributed by atoms with Crippen LogP contribution in [0.25, 0.3) is 0 Å². The fourth-order valence-electron chi connectivity index (χ4n) is 2.61. The summed E-state index contributed by atoms with van der Waals surface area (Å²) in [4.78, 5) is 25.8. The van der Waals surface area contributed by atoms with Crippen LogP contribution in [0, 0.1) is 0 Å². The molecule has 1 atom stereocenters. The minimum absolute atomic E-state index is 0.116. The summed E-state index contributed by atoms with van der Waals surface area (Å²) in [5.41, 5.74) is 0.263. The zero-order valence-electron chi connectivity index (χ0n) is 12.8. The van der Waals surface area contributed by atoms with Crippen LogP contribution < -0.4 is 5.32 Å². The summed E-state index contributed by atoms with van der Waals surface area (Å²) in [6.45, 7) is 1.58. The van der Waals surface area contributed by atoms with E-state index in [0.29, 0.717) is 25.9 Å². The zero-order chi connectivity index (χ0) is 17.0. The lowest BCUT2D eigenvalue weighted by Crippen LogP contribution is -2.47. The number of nitrogens with zero attached hydrogens (tertiary/aromatic N) is 3. The molecule has 1 aromatic heterocycles. The first-order valence-corrected chi connectivity index (χ1v) is 7.46. The van der Waals surface area contributed by atoms with Gasteiger partial charge in [-0.05, 0) is 18.9 Å². The van der Waals surface area contributed by atoms with Crippen molar-refractivity contribution in [2.45, 2.75) is 44.9 Å². The Bertz CT molecular complexity index is 571. The van der Waals surface area contributed by atoms with Crippen LogP contribution in [0.5, 0.6) is 0 Å². The number of aromatic nitrogens is 2. The molecule has 0 aromatic carbocycles. The van der Waals surface area contributed by atoms with Crippen LogP contribution in [0.3, 0.4) is 0 Å². The Morgan fingerprint density at radius 1 is 1.48 bits per heavy atom. The van der Waals surface area contributed by atoms with Gasteiger partial charge in [0.1, 0.15) is 12.6 Å². The van der Waals surface area contributed by atoms with Gasteiger partial charge >= 0.3 is 6.18 Å². The Hall–Kier alpha value is -2.06. The van der Waals surface area contributed by atoms with Gasteiger partial charge in [0, 0.05) is 19.3 Å². The minimum atomic E-state index is -4.36. The molecular weight excluding hydrogens is 313 g/mol. The third kappa shape index (κ3) is 4.70. The predicted molar refractivity (Wildman–Crippen MR) is 75.4 cm³/mol. The summed E-state index contributed by atoms with van der Waals surface area (Å²) < 4.78 is 37.7. The van der Waals surface area contributed by atoms with Gasteiger partial charge in [-0.15, -0.1) is 0 Å². The molecule has 0 saturated carbocycles. The molecule has 23 heavy (non-hydrogen) atoms. The summed E-state index contributed by atoms with van der Waals surface area (Å²) in [6.07, 6.45) is -2.14. The Morgan fingerprint density at radius 3 is 2.87 bits per heavy atom. The SMILES string of the molecule is CC[C@@H]1C(=O)NCCCN1C(=O)Cc1ccn(CC(F)(F)F)n1. The Labute approximate surface area is 131 Å². The van der Waals surface area contributed by atoms with E-state index >= 15 is 0 Å². The van der Waals surface area contributed by atoms with E-state index in [-0.39, 0.29) is 23.9 Å². The molecule has 1 fully saturated rings. The molecule has 1 N–H and O–H groups in total. The lowest BCUT2D eigenvalue weighted by atomic mass is 10.1. The van der Waals surface area contributed by atoms with Gasteiger partial charge in [0.25, 0.3) is 0 Å². The van der Waals surface area contributed by atoms with Gasteiger partial charge in [-0.2, -0.15) is 18.3 Å². The maximum Gasteiger partial charge on any atom is 0.408 e. The van der Waals surface area contributed by atoms with E-state index < -0.39 is 18.8 Å². The van der Waals surface area contributed by atoms with Gasteiger partial charge in [-0.25, -0.2) is 0 Å². The standard InChI is InChI=1S/C14H19F3N4O2/c1-2-11-13(23)18-5-3-6-21(11)12(22)8-10-4-7-20(19-10)9-14(15,16)17/h4,7,11H,2-3,5-6,8-9H2,1H3,(H,18,23)/t11-/m1/s1. The van der Waals surface area contributed by atoms with Gasteiger partial charge in [0.15, 0.2) is 0 Å². The molecule has 2 heterocycles. The fourth-order valence-corrected chi connectivity index (χ4v) is 2.61. The van der Waals surface area contributed by atoms with Gasteiger partial charge in [-0.1, -0.05) is 6.92 Å². The molecule has 2 amide bonds. The third-order valence-electron chi connectivity index (χ3n) is 3.63. The molecule has 2 rings (SSSR count). The lowest BCUT2D eigenvalue weighted by Gasteiger charge is -2.27. The quantitative estimate of drug-likeness (QED) is 0.898. The first-order chi connectivity index (χ1) is 10.8. The highest BCUT2D eigenvalue weighted by Crippen LogP contribution is 2.17. The van der Waals surface area contributed by atoms with Crippen LogP contribution in [0.1, 0.15) is 25.5 Å². The Morgan fingerprint density at radius 2 is 2.22 bits per heavy atom. The van der Waals surface area contributed by atoms with Crippen LogP contribution in [-0.2, 0) is 22.6 Å². The fraction of sp³-hybridized carbons (Fsp3) is 0.643. The lowest BCUT2D eigenvalue weighted by molar-refractivity contribution is -0.142. The zero-order valence-corrected chi connectivity index (χ0v) is 12.8. The number of hydrogen-bond donors (Lipinski definition) is 1. The van der Waals surface area contributed by atoms with Crippen molar-refractivity contribution in [3.8, 4) is 0 Å². The highest BCUT2D eigenvalue weighted by atomic mass is 19.4. The number of rotatable bonds is 4. The number of carbonyl (C=O) groups excluding carboxylic acids is 2. The first-order valence-electron chi connectivity index (χ1n) is 7.46. The topological polar surface area (TPSA) is 67.2 Å². The van der Waals surface area contributed by atoms with Crippen molar-refractivity contribution >= 4 is 11.8 Å². The van der Waals surface area contributed by atoms with Gasteiger partial charge in [0.05, 0.1) is 12.1 Å². The summed E-state index contributed by atoms with van der Waals surface area (Å²) in [6, 6.07) is 0.852. The highest BCUT2D eigenvalue weighted by Gasteiger charge is 2.31. The summed E-state index contributed by atoms with van der Waals surface area (Å²) in [7, 11) is 0. The number of hydrogen-bond acceptors (Lipinski definition) is 3. The monoisotopic (exact) mass is 332 g/mol. The van der Waals surface area contributed by atoms with E-state index in [1.807, 2.05) is 6.92 Å². The average Bonchev–Trinajstić information content (AvgIpc) is 2.77. The van der Waals surface area contributed by atoms with Crippen molar-refractivity contribution in [3.05, 3.63) is 18.0 Å². The molecule has 0 spiro atoms. The van der Waals surface area contributed by atoms with Crippen molar-refractivity contribution in [1.29, 1.82) is 0 Å². The number of nitrogens with one attached hydrogen (secondary N) is 1. The summed E-state index contributed by atoms with van der Waals surface area (Å²) in [5.74, 6) is -0.493. The van der Waals surface area contributed by atoms with E-state index in [2.05, 4.69) is 10.4 Å². The van der Waals surface area contributed by atoms with Crippen molar-refractivity contribution in [1.82, 2.24) is 20.0 Å². The van der Waals surface area contributed by atoms with Crippen molar-refractivity contribution in [3.63, 3.8) is 0 Å². The number of alkyl halides is 3. The third-order valence-corrected chi connectivity index (χ3v) is 3.63. The maximum atomic E-state index is 12.4. The normalized spacial score (nSPS) is 19.4. The van der Waals surface area contributed by atoms with E-state index in [9.17, 15) is 22.8 Å². The molecule has 0 radical (unpaired) electrons. The summed E-state index contributed by atoms with van der Waals surface area (Å²) >= 11 is 0. The minimum Gasteiger partial charge on any atom is -0.354 e. The smallest absolute Gasteiger partial charge is 0.354 e. The molecule has 6 nitrogen and oxygen atoms in total. The predicted octanol–water partition coefficient (Wildman–Crippen LogP) is 1.11. The van der Waals surface area contributed by atoms with E-state index in [1.54, 1.807) is 0 Å². The molecule has 128 valence electrons. The largest absolute Gasteiger partial charge is 0.408 e. The Kier molecular flexibility index (Phi) is 5.27. The van der Waals surface area contributed by atoms with Crippen molar-refractivity contribution in [2.24, 2.45) is 0 Å². The average molecular weight is 332 g/mol. The molecule has 1 aliphatic heterocycles. The van der Waals surface area contributed by atoms with Gasteiger partial charge in [-0.3, -0.25) is 14.3 Å². The molecule has 1 aromatic rings. The second-order valence-electron chi connectivity index (χ2n) is 5.45. The van der Waals surface area contributed by atoms with E-state index in [1.165, 1.54) is 17.2 Å². The number of halogens is 3. The van der Waals surface area contributed by atoms with Crippen LogP contribution in [0.4, 0.5) is 13.2 Å². The van der Waals surface area contributed by atoms with Crippen molar-refractivity contribution < 1.29 is 22.8 Å². The molecule has 0 unspecified atom stereocenters. The van der Waals surface area contributed by atoms with Crippen LogP contribution >= 0.6 is 0 Å². The maximum absolute atomic E-state index is 12.4. The van der Waals surface area contributed by atoms with Crippen molar-refractivity contribution in [2.75, 3.05) is 13.1 Å². The van der Waals surface area contributed by atoms with Gasteiger partial charge < -0.3 is 10.2 Å². The second-order valence-corrected chi connectivity index (χ2v) is 5.45. The molecule has 0 aliphatic carbocycles. The molecule has 1 aliphatic rings. The van der Waals surface area contributed by atoms with Crippen LogP contribution in [-0.4, -0.2) is 51.8 Å².